The van der Waals surface area contributed by atoms with Crippen molar-refractivity contribution in [2.45, 2.75) is 88.7 Å². The first-order valence-corrected chi connectivity index (χ1v) is 16.5. The van der Waals surface area contributed by atoms with Gasteiger partial charge in [0.15, 0.2) is 0 Å². The van der Waals surface area contributed by atoms with E-state index < -0.39 is 5.60 Å². The number of para-hydroxylation sites is 1. The monoisotopic (exact) mass is 552 g/mol. The molecule has 0 amide bonds. The van der Waals surface area contributed by atoms with E-state index in [4.69, 9.17) is 4.99 Å². The van der Waals surface area contributed by atoms with Crippen LogP contribution in [0.25, 0.3) is 10.9 Å². The number of hydrogen-bond acceptors (Lipinski definition) is 4. The minimum absolute atomic E-state index is 0.0404. The fraction of sp³-hybridized carbons (Fsp3) is 0.583. The van der Waals surface area contributed by atoms with E-state index in [1.54, 1.807) is 0 Å². The second-order valence-electron chi connectivity index (χ2n) is 13.3. The average Bonchev–Trinajstić information content (AvgIpc) is 3.35. The fourth-order valence-electron chi connectivity index (χ4n) is 8.96. The van der Waals surface area contributed by atoms with Crippen molar-refractivity contribution in [3.8, 4) is 0 Å². The van der Waals surface area contributed by atoms with E-state index in [2.05, 4.69) is 69.8 Å². The number of fused-ring (bicyclic) bond motifs is 4. The smallest absolute Gasteiger partial charge is 0.0995 e. The molecule has 5 nitrogen and oxygen atoms in total. The summed E-state index contributed by atoms with van der Waals surface area (Å²) in [6.07, 6.45) is 25.0. The minimum atomic E-state index is -0.919. The largest absolute Gasteiger partial charge is 0.384 e. The zero-order valence-electron chi connectivity index (χ0n) is 24.7. The molecule has 0 saturated carbocycles. The second-order valence-corrected chi connectivity index (χ2v) is 13.3. The van der Waals surface area contributed by atoms with Crippen LogP contribution >= 0.6 is 0 Å². The van der Waals surface area contributed by atoms with Crippen molar-refractivity contribution >= 4 is 16.6 Å². The van der Waals surface area contributed by atoms with E-state index in [0.29, 0.717) is 5.92 Å². The standard InChI is InChI=1S/C36H48N4O/c41-36-20-12-6-2-4-8-14-23-40-24-18-30(35(26-40)19-11-5-1-3-7-13-21-38-34(35)36)29(25-36)32-33-28(17-22-37-32)27-15-9-10-16-31(27)39-33/h1-2,5-6,9-10,15-16,25,30,34,38-39,41H,3-4,7-8,11-14,17-24,26H2/b5-1-,6-2-/t30-,34+,35-,36-/m0/s1. The highest BCUT2D eigenvalue weighted by atomic mass is 16.3. The summed E-state index contributed by atoms with van der Waals surface area (Å²) in [7, 11) is 0. The second kappa shape index (κ2) is 11.7. The van der Waals surface area contributed by atoms with Gasteiger partial charge in [0, 0.05) is 35.4 Å². The lowest BCUT2D eigenvalue weighted by Crippen LogP contribution is -2.69. The molecule has 3 N–H and O–H groups in total. The Morgan fingerprint density at radius 1 is 0.902 bits per heavy atom. The quantitative estimate of drug-likeness (QED) is 0.354. The van der Waals surface area contributed by atoms with Crippen molar-refractivity contribution in [1.29, 1.82) is 0 Å². The van der Waals surface area contributed by atoms with Gasteiger partial charge in [-0.05, 0) is 126 Å². The van der Waals surface area contributed by atoms with Crippen LogP contribution in [0.15, 0.2) is 65.2 Å². The number of aliphatic hydroxyl groups is 1. The van der Waals surface area contributed by atoms with Gasteiger partial charge in [0.1, 0.15) is 0 Å². The highest BCUT2D eigenvalue weighted by Crippen LogP contribution is 2.55. The molecule has 2 aromatic rings. The molecule has 1 aliphatic carbocycles. The first kappa shape index (κ1) is 27.4. The van der Waals surface area contributed by atoms with Crippen LogP contribution < -0.4 is 5.32 Å². The first-order chi connectivity index (χ1) is 20.2. The van der Waals surface area contributed by atoms with Crippen LogP contribution in [-0.2, 0) is 6.42 Å². The Hall–Kier alpha value is -2.47. The van der Waals surface area contributed by atoms with Gasteiger partial charge in [0.2, 0.25) is 0 Å². The van der Waals surface area contributed by atoms with E-state index in [1.807, 2.05) is 0 Å². The van der Waals surface area contributed by atoms with Gasteiger partial charge in [-0.3, -0.25) is 4.99 Å². The third kappa shape index (κ3) is 5.08. The van der Waals surface area contributed by atoms with Crippen LogP contribution in [0.1, 0.15) is 81.9 Å². The van der Waals surface area contributed by atoms with Crippen molar-refractivity contribution in [1.82, 2.24) is 15.2 Å². The number of nitrogens with zero attached hydrogens (tertiary/aromatic N) is 2. The maximum Gasteiger partial charge on any atom is 0.0995 e. The average molecular weight is 553 g/mol. The number of nitrogens with one attached hydrogen (secondary N) is 2. The summed E-state index contributed by atoms with van der Waals surface area (Å²) < 4.78 is 0. The Morgan fingerprint density at radius 2 is 1.71 bits per heavy atom. The maximum atomic E-state index is 12.9. The van der Waals surface area contributed by atoms with Crippen molar-refractivity contribution in [2.24, 2.45) is 16.3 Å². The lowest BCUT2D eigenvalue weighted by atomic mass is 9.53. The molecule has 5 heteroatoms. The van der Waals surface area contributed by atoms with E-state index in [9.17, 15) is 5.11 Å². The fourth-order valence-corrected chi connectivity index (χ4v) is 8.96. The van der Waals surface area contributed by atoms with Crippen molar-refractivity contribution in [2.75, 3.05) is 32.7 Å². The molecule has 0 radical (unpaired) electrons. The zero-order valence-corrected chi connectivity index (χ0v) is 24.7. The molecule has 1 saturated heterocycles. The number of hydrogen-bond donors (Lipinski definition) is 3. The Balaban J connectivity index is 1.40. The van der Waals surface area contributed by atoms with E-state index in [0.717, 1.165) is 96.2 Å². The molecule has 5 atom stereocenters. The molecule has 1 aromatic heterocycles. The predicted molar refractivity (Wildman–Crippen MR) is 170 cm³/mol. The van der Waals surface area contributed by atoms with Crippen LogP contribution in [0.4, 0.5) is 0 Å². The molecule has 7 rings (SSSR count). The molecule has 1 aromatic carbocycles. The maximum absolute atomic E-state index is 12.9. The summed E-state index contributed by atoms with van der Waals surface area (Å²) in [4.78, 5) is 11.8. The van der Waals surface area contributed by atoms with Crippen LogP contribution in [0.2, 0.25) is 0 Å². The normalized spacial score (nSPS) is 36.3. The summed E-state index contributed by atoms with van der Waals surface area (Å²) in [6.45, 7) is 5.15. The molecule has 5 aliphatic rings. The predicted octanol–water partition coefficient (Wildman–Crippen LogP) is 6.49. The summed E-state index contributed by atoms with van der Waals surface area (Å²) in [6, 6.07) is 8.76. The Morgan fingerprint density at radius 3 is 2.61 bits per heavy atom. The van der Waals surface area contributed by atoms with Crippen LogP contribution in [0.5, 0.6) is 0 Å². The van der Waals surface area contributed by atoms with Crippen molar-refractivity contribution < 1.29 is 5.11 Å². The van der Waals surface area contributed by atoms with Gasteiger partial charge in [0.05, 0.1) is 17.0 Å². The molecule has 1 unspecified atom stereocenters. The summed E-state index contributed by atoms with van der Waals surface area (Å²) in [5.74, 6) is 0.377. The molecular formula is C36H48N4O. The topological polar surface area (TPSA) is 63.7 Å². The number of aromatic amines is 1. The molecule has 1 spiro atoms. The molecule has 5 heterocycles. The van der Waals surface area contributed by atoms with Crippen molar-refractivity contribution in [3.05, 3.63) is 71.5 Å². The van der Waals surface area contributed by atoms with Gasteiger partial charge in [-0.25, -0.2) is 0 Å². The summed E-state index contributed by atoms with van der Waals surface area (Å²) >= 11 is 0. The number of aromatic nitrogens is 1. The number of benzene rings is 1. The van der Waals surface area contributed by atoms with Crippen LogP contribution in [0, 0.1) is 11.3 Å². The molecule has 1 fully saturated rings. The highest BCUT2D eigenvalue weighted by Gasteiger charge is 2.59. The lowest BCUT2D eigenvalue weighted by molar-refractivity contribution is -0.0860. The minimum Gasteiger partial charge on any atom is -0.384 e. The molecule has 41 heavy (non-hydrogen) atoms. The van der Waals surface area contributed by atoms with Crippen LogP contribution in [0.3, 0.4) is 0 Å². The molecule has 218 valence electrons. The lowest BCUT2D eigenvalue weighted by Gasteiger charge is -2.60. The van der Waals surface area contributed by atoms with Gasteiger partial charge in [-0.15, -0.1) is 0 Å². The van der Waals surface area contributed by atoms with E-state index in [-0.39, 0.29) is 11.5 Å². The van der Waals surface area contributed by atoms with Gasteiger partial charge in [-0.1, -0.05) is 42.5 Å². The molecular weight excluding hydrogens is 504 g/mol. The summed E-state index contributed by atoms with van der Waals surface area (Å²) in [5.41, 5.74) is 5.28. The van der Waals surface area contributed by atoms with Gasteiger partial charge >= 0.3 is 0 Å². The molecule has 4 aliphatic heterocycles. The Labute approximate surface area is 245 Å². The van der Waals surface area contributed by atoms with Crippen LogP contribution in [-0.4, -0.2) is 65.1 Å². The third-order valence-electron chi connectivity index (χ3n) is 10.8. The van der Waals surface area contributed by atoms with Crippen molar-refractivity contribution in [3.63, 3.8) is 0 Å². The number of aliphatic imine (C=N–C) groups is 1. The number of allylic oxidation sites excluding steroid dienone is 5. The number of piperidine rings is 1. The highest BCUT2D eigenvalue weighted by molar-refractivity contribution is 6.16. The van der Waals surface area contributed by atoms with Gasteiger partial charge < -0.3 is 20.3 Å². The first-order valence-electron chi connectivity index (χ1n) is 16.5. The van der Waals surface area contributed by atoms with E-state index >= 15 is 0 Å². The molecule has 3 bridgehead atoms. The number of rotatable bonds is 1. The Kier molecular flexibility index (Phi) is 7.79. The van der Waals surface area contributed by atoms with E-state index in [1.165, 1.54) is 47.0 Å². The Bertz CT molecular complexity index is 1370. The summed E-state index contributed by atoms with van der Waals surface area (Å²) in [5, 5.41) is 18.3. The SMILES string of the molecule is O[C@]12C=C(C3=NCCc4c3[nH]c3ccccc43)[C@@H]3CCN(CCCC/C=C\CC1)C[C@@]31CC/C=C\CCCCN[C@H]12. The zero-order chi connectivity index (χ0) is 27.7. The third-order valence-corrected chi connectivity index (χ3v) is 10.8. The van der Waals surface area contributed by atoms with Gasteiger partial charge in [-0.2, -0.15) is 0 Å². The van der Waals surface area contributed by atoms with Gasteiger partial charge in [0.25, 0.3) is 0 Å². The number of H-pyrrole nitrogens is 1.